The van der Waals surface area contributed by atoms with Crippen molar-refractivity contribution in [2.75, 3.05) is 0 Å². The van der Waals surface area contributed by atoms with E-state index in [1.165, 1.54) is 6.21 Å². The number of fused-ring (bicyclic) bond motifs is 1. The monoisotopic (exact) mass is 599 g/mol. The molecule has 37 heavy (non-hydrogen) atoms. The second-order valence-electron chi connectivity index (χ2n) is 8.42. The number of H-pyrrole nitrogens is 1. The van der Waals surface area contributed by atoms with Gasteiger partial charge in [-0.3, -0.25) is 4.79 Å². The number of rotatable bonds is 6. The third-order valence-corrected chi connectivity index (χ3v) is 6.50. The van der Waals surface area contributed by atoms with E-state index in [0.29, 0.717) is 22.6 Å². The van der Waals surface area contributed by atoms with Gasteiger partial charge in [0.2, 0.25) is 0 Å². The first-order chi connectivity index (χ1) is 18.0. The lowest BCUT2D eigenvalue weighted by Gasteiger charge is -2.08. The second kappa shape index (κ2) is 10.8. The molecule has 2 N–H and O–H groups in total. The molecule has 5 rings (SSSR count). The molecule has 0 bridgehead atoms. The van der Waals surface area contributed by atoms with Gasteiger partial charge in [-0.05, 0) is 77.5 Å². The minimum Gasteiger partial charge on any atom is -0.422 e. The van der Waals surface area contributed by atoms with Crippen molar-refractivity contribution >= 4 is 51.6 Å². The lowest BCUT2D eigenvalue weighted by Crippen LogP contribution is -2.19. The van der Waals surface area contributed by atoms with E-state index < -0.39 is 5.97 Å². The molecule has 1 amide bonds. The quantitative estimate of drug-likeness (QED) is 0.0747. The Kier molecular flexibility index (Phi) is 7.14. The van der Waals surface area contributed by atoms with Gasteiger partial charge in [-0.25, -0.2) is 10.2 Å². The van der Waals surface area contributed by atoms with Crippen LogP contribution in [0.15, 0.2) is 102 Å². The Morgan fingerprint density at radius 1 is 0.919 bits per heavy atom. The highest BCUT2D eigenvalue weighted by atomic mass is 127. The Morgan fingerprint density at radius 3 is 2.43 bits per heavy atom. The Labute approximate surface area is 227 Å². The molecular weight excluding hydrogens is 577 g/mol. The Morgan fingerprint density at radius 2 is 1.65 bits per heavy atom. The van der Waals surface area contributed by atoms with E-state index in [9.17, 15) is 9.59 Å². The second-order valence-corrected chi connectivity index (χ2v) is 9.67. The number of esters is 1. The molecule has 7 heteroatoms. The highest BCUT2D eigenvalue weighted by Crippen LogP contribution is 2.33. The standard InChI is InChI=1S/C30H22IN3O3/c1-19-11-13-21(14-12-19)30(36)37-26-10-6-5-9-22(26)18-32-34-29(35)28-27(20-7-3-2-4-8-20)24-17-23(31)15-16-25(24)33-28/h2-18,33H,1H3,(H,34,35). The number of para-hydroxylation sites is 1. The molecule has 0 unspecified atom stereocenters. The fourth-order valence-electron chi connectivity index (χ4n) is 3.98. The number of hydrogen-bond donors (Lipinski definition) is 2. The largest absolute Gasteiger partial charge is 0.422 e. The zero-order chi connectivity index (χ0) is 25.8. The first kappa shape index (κ1) is 24.5. The molecule has 0 fully saturated rings. The van der Waals surface area contributed by atoms with E-state index in [1.807, 2.05) is 67.6 Å². The summed E-state index contributed by atoms with van der Waals surface area (Å²) in [6.45, 7) is 1.95. The van der Waals surface area contributed by atoms with Gasteiger partial charge in [-0.15, -0.1) is 0 Å². The van der Waals surface area contributed by atoms with E-state index in [-0.39, 0.29) is 5.91 Å². The number of benzene rings is 4. The summed E-state index contributed by atoms with van der Waals surface area (Å²) in [5.41, 5.74) is 7.69. The van der Waals surface area contributed by atoms with Crippen LogP contribution in [-0.2, 0) is 0 Å². The topological polar surface area (TPSA) is 83.5 Å². The van der Waals surface area contributed by atoms with Crippen LogP contribution >= 0.6 is 22.6 Å². The van der Waals surface area contributed by atoms with E-state index >= 15 is 0 Å². The van der Waals surface area contributed by atoms with Crippen LogP contribution in [-0.4, -0.2) is 23.1 Å². The number of hydrogen-bond acceptors (Lipinski definition) is 4. The van der Waals surface area contributed by atoms with Crippen molar-refractivity contribution in [2.24, 2.45) is 5.10 Å². The number of aromatic nitrogens is 1. The molecule has 6 nitrogen and oxygen atoms in total. The van der Waals surface area contributed by atoms with Crippen molar-refractivity contribution in [3.05, 3.63) is 123 Å². The van der Waals surface area contributed by atoms with Crippen LogP contribution < -0.4 is 10.2 Å². The zero-order valence-corrected chi connectivity index (χ0v) is 22.0. The highest BCUT2D eigenvalue weighted by molar-refractivity contribution is 14.1. The summed E-state index contributed by atoms with van der Waals surface area (Å²) in [6, 6.07) is 29.9. The van der Waals surface area contributed by atoms with Gasteiger partial charge in [0.1, 0.15) is 11.4 Å². The number of nitrogens with zero attached hydrogens (tertiary/aromatic N) is 1. The third kappa shape index (κ3) is 5.46. The minimum atomic E-state index is -0.468. The molecule has 0 aliphatic rings. The van der Waals surface area contributed by atoms with Crippen LogP contribution in [0.4, 0.5) is 0 Å². The van der Waals surface area contributed by atoms with Crippen LogP contribution in [0.3, 0.4) is 0 Å². The zero-order valence-electron chi connectivity index (χ0n) is 19.9. The van der Waals surface area contributed by atoms with Crippen LogP contribution in [0.2, 0.25) is 0 Å². The molecule has 182 valence electrons. The normalized spacial score (nSPS) is 11.1. The fourth-order valence-corrected chi connectivity index (χ4v) is 4.48. The van der Waals surface area contributed by atoms with E-state index in [1.54, 1.807) is 36.4 Å². The lowest BCUT2D eigenvalue weighted by atomic mass is 10.0. The number of amides is 1. The summed E-state index contributed by atoms with van der Waals surface area (Å²) in [7, 11) is 0. The predicted octanol–water partition coefficient (Wildman–Crippen LogP) is 6.73. The molecule has 4 aromatic carbocycles. The maximum Gasteiger partial charge on any atom is 0.343 e. The molecule has 5 aromatic rings. The molecule has 1 heterocycles. The predicted molar refractivity (Wildman–Crippen MR) is 154 cm³/mol. The number of nitrogens with one attached hydrogen (secondary N) is 2. The molecule has 0 aliphatic carbocycles. The summed E-state index contributed by atoms with van der Waals surface area (Å²) in [5, 5.41) is 5.11. The van der Waals surface area contributed by atoms with Gasteiger partial charge in [-0.2, -0.15) is 5.10 Å². The third-order valence-electron chi connectivity index (χ3n) is 5.83. The number of ether oxygens (including phenoxy) is 1. The van der Waals surface area contributed by atoms with Crippen molar-refractivity contribution in [3.8, 4) is 16.9 Å². The average molecular weight is 599 g/mol. The highest BCUT2D eigenvalue weighted by Gasteiger charge is 2.19. The molecular formula is C30H22IN3O3. The van der Waals surface area contributed by atoms with Gasteiger partial charge >= 0.3 is 5.97 Å². The van der Waals surface area contributed by atoms with Gasteiger partial charge in [0.05, 0.1) is 11.8 Å². The summed E-state index contributed by atoms with van der Waals surface area (Å²) in [4.78, 5) is 29.0. The molecule has 0 saturated carbocycles. The van der Waals surface area contributed by atoms with Gasteiger partial charge in [0, 0.05) is 25.6 Å². The molecule has 0 atom stereocenters. The van der Waals surface area contributed by atoms with E-state index in [4.69, 9.17) is 4.74 Å². The number of halogens is 1. The fraction of sp³-hybridized carbons (Fsp3) is 0.0333. The first-order valence-corrected chi connectivity index (χ1v) is 12.7. The summed E-state index contributed by atoms with van der Waals surface area (Å²) in [6.07, 6.45) is 1.46. The number of aryl methyl sites for hydroxylation is 1. The molecule has 1 aromatic heterocycles. The Bertz CT molecular complexity index is 1620. The Balaban J connectivity index is 1.38. The summed E-state index contributed by atoms with van der Waals surface area (Å²) < 4.78 is 6.66. The molecule has 0 aliphatic heterocycles. The minimum absolute atomic E-state index is 0.344. The SMILES string of the molecule is Cc1ccc(C(=O)Oc2ccccc2C=NNC(=O)c2[nH]c3ccc(I)cc3c2-c2ccccc2)cc1. The average Bonchev–Trinajstić information content (AvgIpc) is 3.29. The number of aromatic amines is 1. The van der Waals surface area contributed by atoms with E-state index in [0.717, 1.165) is 31.2 Å². The summed E-state index contributed by atoms with van der Waals surface area (Å²) >= 11 is 2.26. The lowest BCUT2D eigenvalue weighted by molar-refractivity contribution is 0.0734. The summed E-state index contributed by atoms with van der Waals surface area (Å²) in [5.74, 6) is -0.503. The smallest absolute Gasteiger partial charge is 0.343 e. The molecule has 0 saturated heterocycles. The molecule has 0 spiro atoms. The number of carbonyl (C=O) groups excluding carboxylic acids is 2. The maximum absolute atomic E-state index is 13.2. The Hall–Kier alpha value is -4.24. The number of carbonyl (C=O) groups is 2. The van der Waals surface area contributed by atoms with Crippen LogP contribution in [0, 0.1) is 10.5 Å². The van der Waals surface area contributed by atoms with Crippen molar-refractivity contribution in [2.45, 2.75) is 6.92 Å². The van der Waals surface area contributed by atoms with Crippen molar-refractivity contribution < 1.29 is 14.3 Å². The van der Waals surface area contributed by atoms with Gasteiger partial charge in [0.25, 0.3) is 5.91 Å². The van der Waals surface area contributed by atoms with Crippen molar-refractivity contribution in [1.82, 2.24) is 10.4 Å². The van der Waals surface area contributed by atoms with Crippen molar-refractivity contribution in [3.63, 3.8) is 0 Å². The first-order valence-electron chi connectivity index (χ1n) is 11.6. The van der Waals surface area contributed by atoms with Gasteiger partial charge in [-0.1, -0.05) is 60.2 Å². The maximum atomic E-state index is 13.2. The van der Waals surface area contributed by atoms with Crippen molar-refractivity contribution in [1.29, 1.82) is 0 Å². The molecule has 0 radical (unpaired) electrons. The van der Waals surface area contributed by atoms with Crippen LogP contribution in [0.1, 0.15) is 32.0 Å². The van der Waals surface area contributed by atoms with Gasteiger partial charge in [0.15, 0.2) is 0 Å². The number of hydrazone groups is 1. The van der Waals surface area contributed by atoms with Gasteiger partial charge < -0.3 is 9.72 Å². The van der Waals surface area contributed by atoms with Crippen LogP contribution in [0.25, 0.3) is 22.0 Å². The van der Waals surface area contributed by atoms with E-state index in [2.05, 4.69) is 38.1 Å². The van der Waals surface area contributed by atoms with Crippen LogP contribution in [0.5, 0.6) is 5.75 Å².